The molecule has 3 nitrogen and oxygen atoms in total. The van der Waals surface area contributed by atoms with Gasteiger partial charge in [0, 0.05) is 6.08 Å². The Bertz CT molecular complexity index is 166. The number of hydrogen-bond acceptors (Lipinski definition) is 2. The zero-order valence-corrected chi connectivity index (χ0v) is 9.37. The lowest BCUT2D eigenvalue weighted by Gasteiger charge is -2.02. The van der Waals surface area contributed by atoms with E-state index in [1.54, 1.807) is 0 Å². The third kappa shape index (κ3) is 11.1. The van der Waals surface area contributed by atoms with Gasteiger partial charge in [-0.25, -0.2) is 9.90 Å². The minimum atomic E-state index is -0.342. The number of esters is 1. The molecule has 0 spiro atoms. The summed E-state index contributed by atoms with van der Waals surface area (Å²) in [6.07, 6.45) is 8.52. The second-order valence-electron chi connectivity index (χ2n) is 3.55. The molecule has 0 aliphatic carbocycles. The molecular formula is C12H21O3. The minimum absolute atomic E-state index is 0.0531. The fourth-order valence-corrected chi connectivity index (χ4v) is 1.32. The summed E-state index contributed by atoms with van der Waals surface area (Å²) < 4.78 is 4.84. The van der Waals surface area contributed by atoms with Crippen LogP contribution in [-0.4, -0.2) is 19.2 Å². The van der Waals surface area contributed by atoms with Gasteiger partial charge in [-0.15, -0.1) is 0 Å². The van der Waals surface area contributed by atoms with Gasteiger partial charge in [-0.2, -0.15) is 0 Å². The Morgan fingerprint density at radius 2 is 1.53 bits per heavy atom. The first-order chi connectivity index (χ1) is 7.31. The van der Waals surface area contributed by atoms with Gasteiger partial charge in [0.15, 0.2) is 0 Å². The zero-order chi connectivity index (χ0) is 11.4. The number of hydrogen-bond donors (Lipinski definition) is 0. The first-order valence-corrected chi connectivity index (χ1v) is 5.68. The van der Waals surface area contributed by atoms with Crippen molar-refractivity contribution in [3.63, 3.8) is 0 Å². The molecule has 1 radical (unpaired) electrons. The molecule has 0 N–H and O–H groups in total. The van der Waals surface area contributed by atoms with E-state index in [9.17, 15) is 9.90 Å². The molecule has 0 unspecified atom stereocenters. The summed E-state index contributed by atoms with van der Waals surface area (Å²) in [6.45, 7) is 3.86. The predicted octanol–water partition coefficient (Wildman–Crippen LogP) is 2.88. The van der Waals surface area contributed by atoms with Crippen molar-refractivity contribution in [3.05, 3.63) is 12.7 Å². The summed E-state index contributed by atoms with van der Waals surface area (Å²) in [6, 6.07) is 0. The van der Waals surface area contributed by atoms with Crippen molar-refractivity contribution < 1.29 is 14.6 Å². The molecular weight excluding hydrogens is 192 g/mol. The van der Waals surface area contributed by atoms with Gasteiger partial charge >= 0.3 is 5.97 Å². The summed E-state index contributed by atoms with van der Waals surface area (Å²) in [5.41, 5.74) is 0. The lowest BCUT2D eigenvalue weighted by atomic mass is 10.1. The fourth-order valence-electron chi connectivity index (χ4n) is 1.32. The van der Waals surface area contributed by atoms with E-state index in [1.807, 2.05) is 0 Å². The topological polar surface area (TPSA) is 46.2 Å². The molecule has 87 valence electrons. The molecule has 0 saturated heterocycles. The Morgan fingerprint density at radius 1 is 1.00 bits per heavy atom. The highest BCUT2D eigenvalue weighted by Gasteiger charge is 1.95. The van der Waals surface area contributed by atoms with Gasteiger partial charge in [0.25, 0.3) is 0 Å². The number of carbonyl (C=O) groups is 1. The monoisotopic (exact) mass is 213 g/mol. The Morgan fingerprint density at radius 3 is 2.07 bits per heavy atom. The van der Waals surface area contributed by atoms with E-state index in [2.05, 4.69) is 6.58 Å². The van der Waals surface area contributed by atoms with Gasteiger partial charge in [-0.3, -0.25) is 0 Å². The van der Waals surface area contributed by atoms with Crippen LogP contribution in [0.25, 0.3) is 0 Å². The lowest BCUT2D eigenvalue weighted by Crippen LogP contribution is -2.01. The van der Waals surface area contributed by atoms with E-state index in [4.69, 9.17) is 4.74 Å². The third-order valence-electron chi connectivity index (χ3n) is 2.20. The molecule has 0 fully saturated rings. The number of unbranched alkanes of at least 4 members (excludes halogenated alkanes) is 6. The van der Waals surface area contributed by atoms with Crippen LogP contribution in [-0.2, 0) is 14.6 Å². The SMILES string of the molecule is C=CC(=O)OCCCCCCCCC[O]. The number of carbonyl (C=O) groups excluding carboxylic acids is 1. The maximum absolute atomic E-state index is 10.6. The van der Waals surface area contributed by atoms with Crippen LogP contribution in [0, 0.1) is 0 Å². The second-order valence-corrected chi connectivity index (χ2v) is 3.55. The van der Waals surface area contributed by atoms with Crippen LogP contribution in [0.4, 0.5) is 0 Å². The molecule has 0 aliphatic rings. The highest BCUT2D eigenvalue weighted by molar-refractivity contribution is 5.81. The predicted molar refractivity (Wildman–Crippen MR) is 59.0 cm³/mol. The normalized spacial score (nSPS) is 9.93. The molecule has 0 rings (SSSR count). The Hall–Kier alpha value is -0.830. The number of rotatable bonds is 10. The van der Waals surface area contributed by atoms with E-state index in [0.717, 1.165) is 38.5 Å². The maximum Gasteiger partial charge on any atom is 0.330 e. The molecule has 0 aromatic rings. The van der Waals surface area contributed by atoms with Crippen molar-refractivity contribution >= 4 is 5.97 Å². The van der Waals surface area contributed by atoms with Gasteiger partial charge in [-0.05, 0) is 12.8 Å². The molecule has 3 heteroatoms. The second kappa shape index (κ2) is 11.2. The molecule has 0 heterocycles. The van der Waals surface area contributed by atoms with Crippen LogP contribution in [0.2, 0.25) is 0 Å². The average molecular weight is 213 g/mol. The molecule has 0 atom stereocenters. The van der Waals surface area contributed by atoms with E-state index >= 15 is 0 Å². The first-order valence-electron chi connectivity index (χ1n) is 5.68. The van der Waals surface area contributed by atoms with E-state index in [-0.39, 0.29) is 12.6 Å². The maximum atomic E-state index is 10.6. The van der Waals surface area contributed by atoms with Crippen LogP contribution in [0.3, 0.4) is 0 Å². The zero-order valence-electron chi connectivity index (χ0n) is 9.37. The van der Waals surface area contributed by atoms with Crippen LogP contribution >= 0.6 is 0 Å². The highest BCUT2D eigenvalue weighted by atomic mass is 16.5. The van der Waals surface area contributed by atoms with Crippen molar-refractivity contribution in [1.29, 1.82) is 0 Å². The molecule has 0 aromatic heterocycles. The van der Waals surface area contributed by atoms with E-state index in [0.29, 0.717) is 6.61 Å². The Labute approximate surface area is 92.1 Å². The Balaban J connectivity index is 2.98. The Kier molecular flexibility index (Phi) is 10.6. The van der Waals surface area contributed by atoms with Gasteiger partial charge in [-0.1, -0.05) is 38.7 Å². The summed E-state index contributed by atoms with van der Waals surface area (Å²) >= 11 is 0. The minimum Gasteiger partial charge on any atom is -0.463 e. The fraction of sp³-hybridized carbons (Fsp3) is 0.750. The summed E-state index contributed by atoms with van der Waals surface area (Å²) in [7, 11) is 0. The van der Waals surface area contributed by atoms with Gasteiger partial charge in [0.1, 0.15) is 0 Å². The van der Waals surface area contributed by atoms with Crippen LogP contribution in [0.1, 0.15) is 44.9 Å². The van der Waals surface area contributed by atoms with Crippen molar-refractivity contribution in [2.45, 2.75) is 44.9 Å². The number of ether oxygens (including phenoxy) is 1. The summed E-state index contributed by atoms with van der Waals surface area (Å²) in [4.78, 5) is 10.6. The van der Waals surface area contributed by atoms with Crippen molar-refractivity contribution in [1.82, 2.24) is 0 Å². The van der Waals surface area contributed by atoms with Crippen molar-refractivity contribution in [2.75, 3.05) is 13.2 Å². The molecule has 0 bridgehead atoms. The summed E-state index contributed by atoms with van der Waals surface area (Å²) in [5, 5.41) is 10.1. The van der Waals surface area contributed by atoms with Crippen molar-refractivity contribution in [2.24, 2.45) is 0 Å². The highest BCUT2D eigenvalue weighted by Crippen LogP contribution is 2.06. The quantitative estimate of drug-likeness (QED) is 0.318. The first kappa shape index (κ1) is 14.2. The van der Waals surface area contributed by atoms with E-state index < -0.39 is 0 Å². The van der Waals surface area contributed by atoms with Gasteiger partial charge in [0.05, 0.1) is 13.2 Å². The third-order valence-corrected chi connectivity index (χ3v) is 2.20. The molecule has 0 saturated carbocycles. The largest absolute Gasteiger partial charge is 0.463 e. The summed E-state index contributed by atoms with van der Waals surface area (Å²) in [5.74, 6) is -0.342. The van der Waals surface area contributed by atoms with Gasteiger partial charge in [0.2, 0.25) is 0 Å². The van der Waals surface area contributed by atoms with Crippen LogP contribution in [0.15, 0.2) is 12.7 Å². The van der Waals surface area contributed by atoms with Crippen molar-refractivity contribution in [3.8, 4) is 0 Å². The smallest absolute Gasteiger partial charge is 0.330 e. The van der Waals surface area contributed by atoms with E-state index in [1.165, 1.54) is 12.5 Å². The molecule has 0 aromatic carbocycles. The average Bonchev–Trinajstić information content (AvgIpc) is 2.26. The molecule has 15 heavy (non-hydrogen) atoms. The van der Waals surface area contributed by atoms with Crippen LogP contribution in [0.5, 0.6) is 0 Å². The van der Waals surface area contributed by atoms with Gasteiger partial charge < -0.3 is 4.74 Å². The molecule has 0 aliphatic heterocycles. The standard InChI is InChI=1S/C12H21O3/c1-2-12(14)15-11-9-7-5-3-4-6-8-10-13/h2H,1,3-11H2. The lowest BCUT2D eigenvalue weighted by molar-refractivity contribution is -0.137. The molecule has 0 amide bonds. The van der Waals surface area contributed by atoms with Crippen LogP contribution < -0.4 is 0 Å².